The van der Waals surface area contributed by atoms with Crippen LogP contribution in [0.15, 0.2) is 33.5 Å². The van der Waals surface area contributed by atoms with Gasteiger partial charge in [-0.05, 0) is 25.8 Å². The predicted molar refractivity (Wildman–Crippen MR) is 101 cm³/mol. The molecule has 0 fully saturated rings. The zero-order valence-electron chi connectivity index (χ0n) is 15.5. The summed E-state index contributed by atoms with van der Waals surface area (Å²) in [5.41, 5.74) is 5.63. The van der Waals surface area contributed by atoms with Crippen LogP contribution < -0.4 is 16.5 Å². The summed E-state index contributed by atoms with van der Waals surface area (Å²) in [6.07, 6.45) is 3.70. The second-order valence-electron chi connectivity index (χ2n) is 6.87. The van der Waals surface area contributed by atoms with E-state index in [1.54, 1.807) is 17.6 Å². The van der Waals surface area contributed by atoms with Gasteiger partial charge in [-0.25, -0.2) is 9.48 Å². The molecule has 0 bridgehead atoms. The topological polar surface area (TPSA) is 111 Å². The number of hydrazine groups is 1. The Morgan fingerprint density at radius 1 is 1.18 bits per heavy atom. The Hall–Kier alpha value is -3.36. The maximum absolute atomic E-state index is 12.4. The van der Waals surface area contributed by atoms with E-state index in [4.69, 9.17) is 4.42 Å². The minimum atomic E-state index is -0.560. The number of benzene rings is 1. The Kier molecular flexibility index (Phi) is 4.72. The van der Waals surface area contributed by atoms with Crippen LogP contribution in [0.1, 0.15) is 41.2 Å². The highest BCUT2D eigenvalue weighted by molar-refractivity contribution is 5.99. The highest BCUT2D eigenvalue weighted by Gasteiger charge is 2.20. The van der Waals surface area contributed by atoms with Crippen LogP contribution in [0, 0.1) is 6.92 Å². The first-order valence-corrected chi connectivity index (χ1v) is 9.28. The van der Waals surface area contributed by atoms with Gasteiger partial charge in [0.25, 0.3) is 5.91 Å². The first kappa shape index (κ1) is 18.0. The van der Waals surface area contributed by atoms with Crippen molar-refractivity contribution in [3.63, 3.8) is 0 Å². The van der Waals surface area contributed by atoms with Crippen molar-refractivity contribution in [2.24, 2.45) is 0 Å². The Morgan fingerprint density at radius 2 is 2.00 bits per heavy atom. The number of furan rings is 1. The van der Waals surface area contributed by atoms with E-state index >= 15 is 0 Å². The lowest BCUT2D eigenvalue weighted by Crippen LogP contribution is -2.44. The molecule has 0 unspecified atom stereocenters. The fourth-order valence-electron chi connectivity index (χ4n) is 3.48. The molecule has 0 spiro atoms. The maximum atomic E-state index is 12.4. The number of rotatable bonds is 3. The number of aryl methyl sites for hydroxylation is 2. The number of nitrogens with one attached hydrogen (secondary N) is 2. The van der Waals surface area contributed by atoms with E-state index in [-0.39, 0.29) is 18.0 Å². The largest absolute Gasteiger partial charge is 0.451 e. The second-order valence-corrected chi connectivity index (χ2v) is 6.87. The molecule has 0 atom stereocenters. The third kappa shape index (κ3) is 3.30. The predicted octanol–water partition coefficient (Wildman–Crippen LogP) is 1.29. The standard InChI is InChI=1S/C19H21N5O4/c1-12-13-7-4-5-8-14(13)28-17(12)18(26)21-20-16(25)11-24-19(27)23-10-6-2-3-9-15(23)22-24/h4-5,7-8H,2-3,6,9-11H2,1H3,(H,20,25)(H,21,26). The number of carbonyl (C=O) groups is 2. The summed E-state index contributed by atoms with van der Waals surface area (Å²) in [5, 5.41) is 5.09. The fourth-order valence-corrected chi connectivity index (χ4v) is 3.48. The zero-order chi connectivity index (χ0) is 19.7. The molecule has 4 rings (SSSR count). The van der Waals surface area contributed by atoms with Gasteiger partial charge >= 0.3 is 11.6 Å². The van der Waals surface area contributed by atoms with Gasteiger partial charge in [0.05, 0.1) is 0 Å². The van der Waals surface area contributed by atoms with Crippen LogP contribution in [0.5, 0.6) is 0 Å². The summed E-state index contributed by atoms with van der Waals surface area (Å²) in [5.74, 6) is -0.267. The van der Waals surface area contributed by atoms with Crippen LogP contribution in [-0.4, -0.2) is 26.2 Å². The van der Waals surface area contributed by atoms with Crippen molar-refractivity contribution in [3.8, 4) is 0 Å². The van der Waals surface area contributed by atoms with Crippen molar-refractivity contribution in [1.29, 1.82) is 0 Å². The molecule has 1 aromatic carbocycles. The number of amides is 2. The van der Waals surface area contributed by atoms with Crippen LogP contribution in [-0.2, 0) is 24.3 Å². The minimum absolute atomic E-state index is 0.132. The molecule has 0 saturated heterocycles. The second kappa shape index (κ2) is 7.34. The SMILES string of the molecule is Cc1c(C(=O)NNC(=O)Cn2nc3n(c2=O)CCCCC3)oc2ccccc12. The Labute approximate surface area is 160 Å². The number of fused-ring (bicyclic) bond motifs is 2. The molecule has 28 heavy (non-hydrogen) atoms. The van der Waals surface area contributed by atoms with E-state index in [0.717, 1.165) is 35.8 Å². The Bertz CT molecular complexity index is 1110. The van der Waals surface area contributed by atoms with Crippen molar-refractivity contribution < 1.29 is 14.0 Å². The lowest BCUT2D eigenvalue weighted by Gasteiger charge is -2.06. The lowest BCUT2D eigenvalue weighted by atomic mass is 10.1. The van der Waals surface area contributed by atoms with Gasteiger partial charge in [-0.3, -0.25) is 25.0 Å². The molecule has 1 aliphatic heterocycles. The molecule has 2 aromatic heterocycles. The summed E-state index contributed by atoms with van der Waals surface area (Å²) >= 11 is 0. The molecule has 9 heteroatoms. The van der Waals surface area contributed by atoms with E-state index in [2.05, 4.69) is 16.0 Å². The van der Waals surface area contributed by atoms with Crippen LogP contribution in [0.25, 0.3) is 11.0 Å². The van der Waals surface area contributed by atoms with Gasteiger partial charge < -0.3 is 4.42 Å². The maximum Gasteiger partial charge on any atom is 0.346 e. The first-order chi connectivity index (χ1) is 13.5. The first-order valence-electron chi connectivity index (χ1n) is 9.28. The van der Waals surface area contributed by atoms with Crippen LogP contribution >= 0.6 is 0 Å². The van der Waals surface area contributed by atoms with E-state index in [9.17, 15) is 14.4 Å². The molecule has 9 nitrogen and oxygen atoms in total. The smallest absolute Gasteiger partial charge is 0.346 e. The summed E-state index contributed by atoms with van der Waals surface area (Å²) in [6.45, 7) is 2.14. The quantitative estimate of drug-likeness (QED) is 0.662. The Morgan fingerprint density at radius 3 is 2.82 bits per heavy atom. The van der Waals surface area contributed by atoms with Gasteiger partial charge in [-0.15, -0.1) is 0 Å². The highest BCUT2D eigenvalue weighted by Crippen LogP contribution is 2.24. The third-order valence-electron chi connectivity index (χ3n) is 4.94. The Balaban J connectivity index is 1.41. The molecule has 3 heterocycles. The third-order valence-corrected chi connectivity index (χ3v) is 4.94. The lowest BCUT2D eigenvalue weighted by molar-refractivity contribution is -0.122. The summed E-state index contributed by atoms with van der Waals surface area (Å²) in [4.78, 5) is 36.9. The number of carbonyl (C=O) groups excluding carboxylic acids is 2. The highest BCUT2D eigenvalue weighted by atomic mass is 16.3. The van der Waals surface area contributed by atoms with E-state index < -0.39 is 11.8 Å². The van der Waals surface area contributed by atoms with Gasteiger partial charge in [0.1, 0.15) is 18.0 Å². The number of nitrogens with zero attached hydrogens (tertiary/aromatic N) is 3. The summed E-state index contributed by atoms with van der Waals surface area (Å²) in [7, 11) is 0. The van der Waals surface area contributed by atoms with Crippen molar-refractivity contribution in [3.05, 3.63) is 51.9 Å². The van der Waals surface area contributed by atoms with Crippen LogP contribution in [0.4, 0.5) is 0 Å². The number of aromatic nitrogens is 3. The van der Waals surface area contributed by atoms with Crippen LogP contribution in [0.2, 0.25) is 0 Å². The number of para-hydroxylation sites is 1. The van der Waals surface area contributed by atoms with E-state index in [1.807, 2.05) is 18.2 Å². The number of hydrogen-bond acceptors (Lipinski definition) is 5. The average molecular weight is 383 g/mol. The van der Waals surface area contributed by atoms with Crippen molar-refractivity contribution >= 4 is 22.8 Å². The molecular weight excluding hydrogens is 362 g/mol. The van der Waals surface area contributed by atoms with Crippen molar-refractivity contribution in [2.45, 2.75) is 45.7 Å². The van der Waals surface area contributed by atoms with Crippen molar-refractivity contribution in [1.82, 2.24) is 25.2 Å². The van der Waals surface area contributed by atoms with Gasteiger partial charge in [0, 0.05) is 23.9 Å². The minimum Gasteiger partial charge on any atom is -0.451 e. The molecule has 146 valence electrons. The van der Waals surface area contributed by atoms with Crippen molar-refractivity contribution in [2.75, 3.05) is 0 Å². The van der Waals surface area contributed by atoms with Gasteiger partial charge in [-0.1, -0.05) is 24.6 Å². The monoisotopic (exact) mass is 383 g/mol. The molecule has 2 amide bonds. The normalized spacial score (nSPS) is 13.8. The average Bonchev–Trinajstić information content (AvgIpc) is 3.06. The molecule has 3 aromatic rings. The fraction of sp³-hybridized carbons (Fsp3) is 0.368. The van der Waals surface area contributed by atoms with E-state index in [1.165, 1.54) is 0 Å². The van der Waals surface area contributed by atoms with Gasteiger partial charge in [0.15, 0.2) is 5.76 Å². The summed E-state index contributed by atoms with van der Waals surface area (Å²) in [6, 6.07) is 7.31. The molecule has 0 radical (unpaired) electrons. The zero-order valence-corrected chi connectivity index (χ0v) is 15.5. The van der Waals surface area contributed by atoms with E-state index in [0.29, 0.717) is 23.5 Å². The van der Waals surface area contributed by atoms with Crippen LogP contribution in [0.3, 0.4) is 0 Å². The molecule has 0 aliphatic carbocycles. The van der Waals surface area contributed by atoms with Gasteiger partial charge in [0.2, 0.25) is 0 Å². The molecule has 0 saturated carbocycles. The molecular formula is C19H21N5O4. The van der Waals surface area contributed by atoms with Gasteiger partial charge in [-0.2, -0.15) is 5.10 Å². The molecule has 1 aliphatic rings. The molecule has 2 N–H and O–H groups in total. The summed E-state index contributed by atoms with van der Waals surface area (Å²) < 4.78 is 8.32. The number of hydrogen-bond donors (Lipinski definition) is 2.